The number of halogens is 2. The number of rotatable bonds is 5. The SMILES string of the molecule is CC(C)Cc1cc(C(=O)N2CCN(S(=O)(=O)c3ccc(F)c(Cl)c3)CC2)n[nH]1. The average molecular weight is 429 g/mol. The number of aromatic amines is 1. The van der Waals surface area contributed by atoms with Gasteiger partial charge in [-0.2, -0.15) is 9.40 Å². The molecule has 0 spiro atoms. The fourth-order valence-corrected chi connectivity index (χ4v) is 4.79. The summed E-state index contributed by atoms with van der Waals surface area (Å²) in [6.45, 7) is 4.95. The number of hydrogen-bond acceptors (Lipinski definition) is 4. The summed E-state index contributed by atoms with van der Waals surface area (Å²) in [6.07, 6.45) is 0.798. The van der Waals surface area contributed by atoms with E-state index in [1.165, 1.54) is 10.4 Å². The lowest BCUT2D eigenvalue weighted by Crippen LogP contribution is -2.50. The Labute approximate surface area is 168 Å². The van der Waals surface area contributed by atoms with Crippen LogP contribution >= 0.6 is 11.6 Å². The van der Waals surface area contributed by atoms with E-state index >= 15 is 0 Å². The summed E-state index contributed by atoms with van der Waals surface area (Å²) in [5, 5.41) is 6.71. The summed E-state index contributed by atoms with van der Waals surface area (Å²) < 4.78 is 40.0. The zero-order chi connectivity index (χ0) is 20.5. The maximum atomic E-state index is 13.3. The van der Waals surface area contributed by atoms with Crippen LogP contribution in [0.3, 0.4) is 0 Å². The summed E-state index contributed by atoms with van der Waals surface area (Å²) in [7, 11) is -3.80. The monoisotopic (exact) mass is 428 g/mol. The molecule has 1 aromatic carbocycles. The molecule has 152 valence electrons. The standard InChI is InChI=1S/C18H22ClFN4O3S/c1-12(2)9-13-10-17(22-21-13)18(25)23-5-7-24(8-6-23)28(26,27)14-3-4-16(20)15(19)11-14/h3-4,10-12H,5-9H2,1-2H3,(H,21,22). The van der Waals surface area contributed by atoms with Gasteiger partial charge in [-0.3, -0.25) is 9.89 Å². The van der Waals surface area contributed by atoms with Crippen molar-refractivity contribution in [3.63, 3.8) is 0 Å². The van der Waals surface area contributed by atoms with Gasteiger partial charge < -0.3 is 4.90 Å². The van der Waals surface area contributed by atoms with Crippen LogP contribution in [-0.2, 0) is 16.4 Å². The molecule has 1 amide bonds. The lowest BCUT2D eigenvalue weighted by molar-refractivity contribution is 0.0692. The van der Waals surface area contributed by atoms with Crippen LogP contribution in [0.2, 0.25) is 5.02 Å². The first kappa shape index (κ1) is 20.8. The van der Waals surface area contributed by atoms with Gasteiger partial charge in [0.1, 0.15) is 11.5 Å². The molecule has 2 aromatic rings. The zero-order valence-electron chi connectivity index (χ0n) is 15.7. The lowest BCUT2D eigenvalue weighted by atomic mass is 10.1. The first-order valence-electron chi connectivity index (χ1n) is 8.97. The summed E-state index contributed by atoms with van der Waals surface area (Å²) >= 11 is 5.70. The Hall–Kier alpha value is -1.97. The second kappa shape index (κ2) is 8.18. The van der Waals surface area contributed by atoms with Crippen LogP contribution < -0.4 is 0 Å². The number of piperazine rings is 1. The van der Waals surface area contributed by atoms with Gasteiger partial charge in [-0.15, -0.1) is 0 Å². The van der Waals surface area contributed by atoms with Crippen molar-refractivity contribution in [1.29, 1.82) is 0 Å². The normalized spacial score (nSPS) is 16.0. The van der Waals surface area contributed by atoms with Gasteiger partial charge in [0, 0.05) is 31.9 Å². The molecule has 1 aliphatic rings. The van der Waals surface area contributed by atoms with Gasteiger partial charge in [0.25, 0.3) is 5.91 Å². The van der Waals surface area contributed by atoms with Gasteiger partial charge in [-0.1, -0.05) is 25.4 Å². The number of nitrogens with zero attached hydrogens (tertiary/aromatic N) is 3. The number of nitrogens with one attached hydrogen (secondary N) is 1. The van der Waals surface area contributed by atoms with Crippen molar-refractivity contribution >= 4 is 27.5 Å². The van der Waals surface area contributed by atoms with Crippen LogP contribution in [0.5, 0.6) is 0 Å². The topological polar surface area (TPSA) is 86.4 Å². The molecular weight excluding hydrogens is 407 g/mol. The van der Waals surface area contributed by atoms with Crippen LogP contribution in [0.25, 0.3) is 0 Å². The Balaban J connectivity index is 1.65. The maximum absolute atomic E-state index is 13.3. The summed E-state index contributed by atoms with van der Waals surface area (Å²) in [5.74, 6) is -0.461. The number of carbonyl (C=O) groups excluding carboxylic acids is 1. The van der Waals surface area contributed by atoms with Crippen molar-refractivity contribution in [2.75, 3.05) is 26.2 Å². The largest absolute Gasteiger partial charge is 0.335 e. The fourth-order valence-electron chi connectivity index (χ4n) is 3.10. The van der Waals surface area contributed by atoms with Crippen molar-refractivity contribution in [2.24, 2.45) is 5.92 Å². The van der Waals surface area contributed by atoms with E-state index in [9.17, 15) is 17.6 Å². The van der Waals surface area contributed by atoms with Crippen LogP contribution in [0.15, 0.2) is 29.2 Å². The molecule has 1 saturated heterocycles. The number of benzene rings is 1. The van der Waals surface area contributed by atoms with Gasteiger partial charge in [0.15, 0.2) is 0 Å². The quantitative estimate of drug-likeness (QED) is 0.792. The number of amides is 1. The van der Waals surface area contributed by atoms with E-state index in [1.54, 1.807) is 11.0 Å². The summed E-state index contributed by atoms with van der Waals surface area (Å²) in [4.78, 5) is 14.1. The molecule has 1 fully saturated rings. The molecule has 0 unspecified atom stereocenters. The van der Waals surface area contributed by atoms with Crippen LogP contribution in [0.4, 0.5) is 4.39 Å². The summed E-state index contributed by atoms with van der Waals surface area (Å²) in [5.41, 5.74) is 1.23. The van der Waals surface area contributed by atoms with E-state index in [2.05, 4.69) is 24.0 Å². The molecule has 10 heteroatoms. The number of sulfonamides is 1. The molecule has 0 bridgehead atoms. The van der Waals surface area contributed by atoms with Gasteiger partial charge in [0.2, 0.25) is 10.0 Å². The molecule has 7 nitrogen and oxygen atoms in total. The van der Waals surface area contributed by atoms with Crippen molar-refractivity contribution in [1.82, 2.24) is 19.4 Å². The van der Waals surface area contributed by atoms with Crippen LogP contribution in [0.1, 0.15) is 30.0 Å². The van der Waals surface area contributed by atoms with Crippen molar-refractivity contribution in [2.45, 2.75) is 25.2 Å². The number of hydrogen-bond donors (Lipinski definition) is 1. The third-order valence-corrected chi connectivity index (χ3v) is 6.72. The van der Waals surface area contributed by atoms with E-state index < -0.39 is 15.8 Å². The molecular formula is C18H22ClFN4O3S. The first-order valence-corrected chi connectivity index (χ1v) is 10.8. The minimum Gasteiger partial charge on any atom is -0.335 e. The molecule has 0 aliphatic carbocycles. The average Bonchev–Trinajstić information content (AvgIpc) is 3.11. The fraction of sp³-hybridized carbons (Fsp3) is 0.444. The predicted octanol–water partition coefficient (Wildman–Crippen LogP) is 2.55. The number of carbonyl (C=O) groups is 1. The smallest absolute Gasteiger partial charge is 0.274 e. The van der Waals surface area contributed by atoms with Crippen LogP contribution in [0, 0.1) is 11.7 Å². The number of H-pyrrole nitrogens is 1. The van der Waals surface area contributed by atoms with E-state index in [-0.39, 0.29) is 42.0 Å². The highest BCUT2D eigenvalue weighted by Crippen LogP contribution is 2.23. The van der Waals surface area contributed by atoms with E-state index in [0.717, 1.165) is 24.2 Å². The highest BCUT2D eigenvalue weighted by molar-refractivity contribution is 7.89. The Kier molecular flexibility index (Phi) is 6.07. The maximum Gasteiger partial charge on any atom is 0.274 e. The van der Waals surface area contributed by atoms with E-state index in [1.807, 2.05) is 0 Å². The molecule has 1 aromatic heterocycles. The van der Waals surface area contributed by atoms with Crippen LogP contribution in [-0.4, -0.2) is 59.9 Å². The highest BCUT2D eigenvalue weighted by atomic mass is 35.5. The molecule has 1 N–H and O–H groups in total. The van der Waals surface area contributed by atoms with Gasteiger partial charge >= 0.3 is 0 Å². The minimum absolute atomic E-state index is 0.0655. The molecule has 0 saturated carbocycles. The summed E-state index contributed by atoms with van der Waals surface area (Å²) in [6, 6.07) is 5.06. The van der Waals surface area contributed by atoms with Gasteiger partial charge in [-0.05, 0) is 36.6 Å². The lowest BCUT2D eigenvalue weighted by Gasteiger charge is -2.33. The Bertz CT molecular complexity index is 969. The van der Waals surface area contributed by atoms with Gasteiger partial charge in [0.05, 0.1) is 9.92 Å². The van der Waals surface area contributed by atoms with E-state index in [4.69, 9.17) is 11.6 Å². The molecule has 2 heterocycles. The van der Waals surface area contributed by atoms with Crippen molar-refractivity contribution in [3.8, 4) is 0 Å². The minimum atomic E-state index is -3.80. The Morgan fingerprint density at radius 1 is 1.25 bits per heavy atom. The Morgan fingerprint density at radius 2 is 1.93 bits per heavy atom. The molecule has 3 rings (SSSR count). The van der Waals surface area contributed by atoms with Crippen molar-refractivity contribution in [3.05, 3.63) is 46.5 Å². The second-order valence-electron chi connectivity index (χ2n) is 7.15. The Morgan fingerprint density at radius 3 is 2.54 bits per heavy atom. The predicted molar refractivity (Wildman–Crippen MR) is 103 cm³/mol. The highest BCUT2D eigenvalue weighted by Gasteiger charge is 2.31. The third-order valence-electron chi connectivity index (χ3n) is 4.53. The third kappa shape index (κ3) is 4.37. The number of aromatic nitrogens is 2. The molecule has 1 aliphatic heterocycles. The molecule has 0 atom stereocenters. The van der Waals surface area contributed by atoms with Crippen molar-refractivity contribution < 1.29 is 17.6 Å². The first-order chi connectivity index (χ1) is 13.2. The molecule has 28 heavy (non-hydrogen) atoms. The van der Waals surface area contributed by atoms with Gasteiger partial charge in [-0.25, -0.2) is 12.8 Å². The van der Waals surface area contributed by atoms with E-state index in [0.29, 0.717) is 11.6 Å². The zero-order valence-corrected chi connectivity index (χ0v) is 17.2. The molecule has 0 radical (unpaired) electrons. The second-order valence-corrected chi connectivity index (χ2v) is 9.49.